The second kappa shape index (κ2) is 6.93. The zero-order chi connectivity index (χ0) is 13.5. The number of carbonyl (C=O) groups is 1. The van der Waals surface area contributed by atoms with Gasteiger partial charge in [0, 0.05) is 11.5 Å². The summed E-state index contributed by atoms with van der Waals surface area (Å²) in [5.41, 5.74) is -0.0826. The monoisotopic (exact) mass is 281 g/mol. The Hall–Kier alpha value is -1.83. The predicted octanol–water partition coefficient (Wildman–Crippen LogP) is 1.27. The molecule has 1 aromatic heterocycles. The van der Waals surface area contributed by atoms with Crippen LogP contribution in [0.1, 0.15) is 37.9 Å². The van der Waals surface area contributed by atoms with E-state index in [0.29, 0.717) is 11.5 Å². The minimum atomic E-state index is -0.0826. The number of amides is 1. The van der Waals surface area contributed by atoms with Gasteiger partial charge in [0.25, 0.3) is 6.29 Å². The summed E-state index contributed by atoms with van der Waals surface area (Å²) >= 11 is 0.961. The highest BCUT2D eigenvalue weighted by molar-refractivity contribution is 7.10. The van der Waals surface area contributed by atoms with Gasteiger partial charge in [-0.3, -0.25) is 9.59 Å². The highest BCUT2D eigenvalue weighted by Crippen LogP contribution is 2.20. The summed E-state index contributed by atoms with van der Waals surface area (Å²) in [5, 5.41) is 6.42. The fourth-order valence-corrected chi connectivity index (χ4v) is 2.36. The van der Waals surface area contributed by atoms with E-state index >= 15 is 0 Å². The smallest absolute Gasteiger partial charge is 0.261 e. The van der Waals surface area contributed by atoms with E-state index in [2.05, 4.69) is 19.8 Å². The van der Waals surface area contributed by atoms with E-state index in [1.165, 1.54) is 6.42 Å². The van der Waals surface area contributed by atoms with Gasteiger partial charge in [0.2, 0.25) is 17.4 Å². The van der Waals surface area contributed by atoms with E-state index in [9.17, 15) is 9.59 Å². The number of hydrogen-bond acceptors (Lipinski definition) is 7. The molecule has 1 saturated carbocycles. The van der Waals surface area contributed by atoms with Crippen LogP contribution in [0.3, 0.4) is 0 Å². The summed E-state index contributed by atoms with van der Waals surface area (Å²) in [6, 6.07) is 0. The van der Waals surface area contributed by atoms with Crippen LogP contribution < -0.4 is 5.32 Å². The van der Waals surface area contributed by atoms with Gasteiger partial charge in [0.05, 0.1) is 0 Å². The fourth-order valence-electron chi connectivity index (χ4n) is 1.83. The fraction of sp³-hybridized carbons (Fsp3) is 0.545. The lowest BCUT2D eigenvalue weighted by molar-refractivity contribution is -0.105. The zero-order valence-corrected chi connectivity index (χ0v) is 11.0. The van der Waals surface area contributed by atoms with Crippen LogP contribution in [-0.4, -0.2) is 33.9 Å². The Morgan fingerprint density at radius 3 is 2.95 bits per heavy atom. The summed E-state index contributed by atoms with van der Waals surface area (Å²) in [7, 11) is 0. The molecule has 1 amide bonds. The van der Waals surface area contributed by atoms with Crippen LogP contribution in [0.5, 0.6) is 0 Å². The molecule has 0 bridgehead atoms. The third-order valence-corrected chi connectivity index (χ3v) is 3.41. The maximum Gasteiger partial charge on any atom is 0.261 e. The Morgan fingerprint density at radius 1 is 1.47 bits per heavy atom. The van der Waals surface area contributed by atoms with Crippen molar-refractivity contribution < 1.29 is 14.4 Å². The standard InChI is InChI=1S/C11H13N4O3S/c16-6-9(10-13-11(12-7-17)19-15-10)14-18-8-4-2-1-3-5-8/h7-8H,1-5H2,(H,12,13,15,17). The molecular weight excluding hydrogens is 268 g/mol. The van der Waals surface area contributed by atoms with Gasteiger partial charge in [0.15, 0.2) is 5.71 Å². The van der Waals surface area contributed by atoms with Crippen molar-refractivity contribution in [1.82, 2.24) is 9.36 Å². The second-order valence-electron chi connectivity index (χ2n) is 4.09. The Balaban J connectivity index is 2.00. The highest BCUT2D eigenvalue weighted by atomic mass is 32.1. The summed E-state index contributed by atoms with van der Waals surface area (Å²) in [4.78, 5) is 30.3. The van der Waals surface area contributed by atoms with Crippen molar-refractivity contribution in [2.75, 3.05) is 5.32 Å². The number of rotatable bonds is 6. The number of nitrogens with zero attached hydrogens (tertiary/aromatic N) is 3. The first-order chi connectivity index (χ1) is 9.33. The maximum absolute atomic E-state index is 10.8. The molecule has 1 radical (unpaired) electrons. The molecule has 0 saturated heterocycles. The topological polar surface area (TPSA) is 93.5 Å². The molecule has 19 heavy (non-hydrogen) atoms. The minimum Gasteiger partial charge on any atom is -0.392 e. The van der Waals surface area contributed by atoms with Gasteiger partial charge in [-0.05, 0) is 25.7 Å². The summed E-state index contributed by atoms with van der Waals surface area (Å²) < 4.78 is 3.91. The number of hydrogen-bond donors (Lipinski definition) is 1. The van der Waals surface area contributed by atoms with Crippen LogP contribution >= 0.6 is 11.5 Å². The van der Waals surface area contributed by atoms with E-state index < -0.39 is 0 Å². The summed E-state index contributed by atoms with van der Waals surface area (Å²) in [5.74, 6) is 0.111. The zero-order valence-electron chi connectivity index (χ0n) is 10.2. The van der Waals surface area contributed by atoms with Crippen molar-refractivity contribution in [3.63, 3.8) is 0 Å². The Labute approximate surface area is 114 Å². The molecular formula is C11H13N4O3S. The third-order valence-electron chi connectivity index (χ3n) is 2.76. The Morgan fingerprint density at radius 2 is 2.26 bits per heavy atom. The van der Waals surface area contributed by atoms with E-state index in [0.717, 1.165) is 37.2 Å². The molecule has 1 N–H and O–H groups in total. The van der Waals surface area contributed by atoms with Gasteiger partial charge in [0.1, 0.15) is 6.10 Å². The van der Waals surface area contributed by atoms with Crippen LogP contribution in [-0.2, 0) is 14.4 Å². The van der Waals surface area contributed by atoms with Crippen LogP contribution in [0, 0.1) is 0 Å². The number of nitrogens with one attached hydrogen (secondary N) is 1. The molecule has 1 fully saturated rings. The largest absolute Gasteiger partial charge is 0.392 e. The summed E-state index contributed by atoms with van der Waals surface area (Å²) in [6.45, 7) is 0. The number of aromatic nitrogens is 2. The Bertz CT molecular complexity index is 468. The molecule has 0 atom stereocenters. The normalized spacial score (nSPS) is 16.9. The van der Waals surface area contributed by atoms with E-state index in [1.54, 1.807) is 6.29 Å². The molecule has 0 aliphatic heterocycles. The lowest BCUT2D eigenvalue weighted by atomic mass is 9.98. The molecule has 7 nitrogen and oxygen atoms in total. The minimum absolute atomic E-state index is 0.0447. The number of carbonyl (C=O) groups excluding carboxylic acids is 2. The number of oxime groups is 1. The quantitative estimate of drug-likeness (QED) is 0.481. The lowest BCUT2D eigenvalue weighted by Gasteiger charge is -2.19. The predicted molar refractivity (Wildman–Crippen MR) is 69.8 cm³/mol. The van der Waals surface area contributed by atoms with E-state index in [4.69, 9.17) is 4.84 Å². The van der Waals surface area contributed by atoms with Gasteiger partial charge in [-0.2, -0.15) is 9.36 Å². The summed E-state index contributed by atoms with van der Waals surface area (Å²) in [6.07, 6.45) is 7.51. The van der Waals surface area contributed by atoms with Gasteiger partial charge in [-0.15, -0.1) is 0 Å². The van der Waals surface area contributed by atoms with Crippen LogP contribution in [0.2, 0.25) is 0 Å². The van der Waals surface area contributed by atoms with Crippen molar-refractivity contribution in [1.29, 1.82) is 0 Å². The maximum atomic E-state index is 10.8. The lowest BCUT2D eigenvalue weighted by Crippen LogP contribution is -2.16. The molecule has 2 rings (SSSR count). The van der Waals surface area contributed by atoms with Crippen LogP contribution in [0.15, 0.2) is 5.16 Å². The van der Waals surface area contributed by atoms with Crippen molar-refractivity contribution in [2.45, 2.75) is 38.2 Å². The molecule has 1 heterocycles. The average molecular weight is 281 g/mol. The first-order valence-electron chi connectivity index (χ1n) is 5.99. The first kappa shape index (κ1) is 13.6. The van der Waals surface area contributed by atoms with Gasteiger partial charge in [-0.1, -0.05) is 11.6 Å². The van der Waals surface area contributed by atoms with Crippen molar-refractivity contribution >= 4 is 35.1 Å². The molecule has 1 aromatic rings. The molecule has 1 aliphatic carbocycles. The Kier molecular flexibility index (Phi) is 4.96. The molecule has 101 valence electrons. The van der Waals surface area contributed by atoms with Gasteiger partial charge in [-0.25, -0.2) is 0 Å². The van der Waals surface area contributed by atoms with Gasteiger partial charge < -0.3 is 10.2 Å². The first-order valence-corrected chi connectivity index (χ1v) is 6.77. The van der Waals surface area contributed by atoms with Crippen molar-refractivity contribution in [2.24, 2.45) is 5.16 Å². The van der Waals surface area contributed by atoms with Crippen LogP contribution in [0.4, 0.5) is 5.13 Å². The molecule has 0 unspecified atom stereocenters. The van der Waals surface area contributed by atoms with E-state index in [-0.39, 0.29) is 17.6 Å². The third kappa shape index (κ3) is 3.82. The number of anilines is 1. The second-order valence-corrected chi connectivity index (χ2v) is 4.84. The van der Waals surface area contributed by atoms with Crippen molar-refractivity contribution in [3.8, 4) is 0 Å². The molecule has 1 aliphatic rings. The SMILES string of the molecule is O=[C]C(=NOC1CCCCC1)c1nsc(NC=O)n1. The highest BCUT2D eigenvalue weighted by Gasteiger charge is 2.17. The molecule has 8 heteroatoms. The molecule has 0 aromatic carbocycles. The van der Waals surface area contributed by atoms with Crippen LogP contribution in [0.25, 0.3) is 0 Å². The van der Waals surface area contributed by atoms with Gasteiger partial charge >= 0.3 is 0 Å². The average Bonchev–Trinajstić information content (AvgIpc) is 2.90. The van der Waals surface area contributed by atoms with E-state index in [1.807, 2.05) is 0 Å². The van der Waals surface area contributed by atoms with Crippen molar-refractivity contribution in [3.05, 3.63) is 5.82 Å². The molecule has 0 spiro atoms.